The van der Waals surface area contributed by atoms with Crippen LogP contribution in [-0.2, 0) is 16.0 Å². The first-order valence-corrected chi connectivity index (χ1v) is 8.45. The van der Waals surface area contributed by atoms with E-state index in [2.05, 4.69) is 32.6 Å². The van der Waals surface area contributed by atoms with Crippen molar-refractivity contribution in [2.75, 3.05) is 7.11 Å². The molecular formula is C18H16INO5. The topological polar surface area (TPSA) is 92.7 Å². The van der Waals surface area contributed by atoms with Gasteiger partial charge in [0.25, 0.3) is 5.91 Å². The molecule has 0 fully saturated rings. The lowest BCUT2D eigenvalue weighted by molar-refractivity contribution is -0.139. The SMILES string of the molecule is COC(=O)c1cccc(C(=O)N[C@H](Cc2cccc(I)c2)C(=O)O)c1. The Morgan fingerprint density at radius 3 is 2.44 bits per heavy atom. The first kappa shape index (κ1) is 18.9. The normalized spacial score (nSPS) is 11.4. The standard InChI is InChI=1S/C18H16INO5/c1-25-18(24)13-6-3-5-12(10-13)16(21)20-15(17(22)23)9-11-4-2-7-14(19)8-11/h2-8,10,15H,9H2,1H3,(H,20,21)(H,22,23)/t15-/m1/s1. The van der Waals surface area contributed by atoms with E-state index in [0.717, 1.165) is 9.13 Å². The second-order valence-electron chi connectivity index (χ2n) is 5.27. The van der Waals surface area contributed by atoms with Gasteiger partial charge < -0.3 is 15.2 Å². The van der Waals surface area contributed by atoms with E-state index in [9.17, 15) is 19.5 Å². The minimum Gasteiger partial charge on any atom is -0.480 e. The molecule has 2 rings (SSSR count). The Morgan fingerprint density at radius 2 is 1.80 bits per heavy atom. The maximum absolute atomic E-state index is 12.4. The van der Waals surface area contributed by atoms with Crippen molar-refractivity contribution in [1.29, 1.82) is 0 Å². The molecule has 0 aliphatic carbocycles. The molecule has 0 saturated heterocycles. The van der Waals surface area contributed by atoms with Crippen LogP contribution in [-0.4, -0.2) is 36.1 Å². The van der Waals surface area contributed by atoms with E-state index in [4.69, 9.17) is 0 Å². The second kappa shape index (κ2) is 8.61. The number of carbonyl (C=O) groups excluding carboxylic acids is 2. The van der Waals surface area contributed by atoms with Crippen LogP contribution in [0.3, 0.4) is 0 Å². The molecule has 130 valence electrons. The van der Waals surface area contributed by atoms with Gasteiger partial charge in [0.1, 0.15) is 6.04 Å². The van der Waals surface area contributed by atoms with Gasteiger partial charge in [-0.3, -0.25) is 4.79 Å². The Bertz CT molecular complexity index is 806. The molecule has 0 saturated carbocycles. The summed E-state index contributed by atoms with van der Waals surface area (Å²) < 4.78 is 5.60. The van der Waals surface area contributed by atoms with Gasteiger partial charge in [0, 0.05) is 15.6 Å². The van der Waals surface area contributed by atoms with Crippen LogP contribution in [0.2, 0.25) is 0 Å². The van der Waals surface area contributed by atoms with Gasteiger partial charge in [-0.05, 0) is 58.5 Å². The third kappa shape index (κ3) is 5.28. The first-order chi connectivity index (χ1) is 11.9. The van der Waals surface area contributed by atoms with E-state index in [0.29, 0.717) is 0 Å². The average Bonchev–Trinajstić information content (AvgIpc) is 2.60. The fourth-order valence-corrected chi connectivity index (χ4v) is 2.85. The van der Waals surface area contributed by atoms with Crippen LogP contribution in [0.5, 0.6) is 0 Å². The number of carboxylic acid groups (broad SMARTS) is 1. The van der Waals surface area contributed by atoms with E-state index in [1.54, 1.807) is 0 Å². The summed E-state index contributed by atoms with van der Waals surface area (Å²) in [5.41, 5.74) is 1.22. The van der Waals surface area contributed by atoms with Gasteiger partial charge in [-0.2, -0.15) is 0 Å². The fourth-order valence-electron chi connectivity index (χ4n) is 2.25. The molecule has 2 aromatic rings. The van der Waals surface area contributed by atoms with Gasteiger partial charge in [0.2, 0.25) is 0 Å². The number of halogens is 1. The monoisotopic (exact) mass is 453 g/mol. The van der Waals surface area contributed by atoms with Crippen molar-refractivity contribution in [3.05, 3.63) is 68.8 Å². The molecule has 0 spiro atoms. The van der Waals surface area contributed by atoms with Gasteiger partial charge >= 0.3 is 11.9 Å². The highest BCUT2D eigenvalue weighted by Crippen LogP contribution is 2.11. The summed E-state index contributed by atoms with van der Waals surface area (Å²) >= 11 is 2.14. The van der Waals surface area contributed by atoms with Crippen molar-refractivity contribution in [2.24, 2.45) is 0 Å². The van der Waals surface area contributed by atoms with Gasteiger partial charge in [-0.1, -0.05) is 18.2 Å². The number of nitrogens with one attached hydrogen (secondary N) is 1. The second-order valence-corrected chi connectivity index (χ2v) is 6.52. The van der Waals surface area contributed by atoms with Crippen LogP contribution in [0.15, 0.2) is 48.5 Å². The lowest BCUT2D eigenvalue weighted by Gasteiger charge is -2.15. The van der Waals surface area contributed by atoms with E-state index >= 15 is 0 Å². The minimum atomic E-state index is -1.13. The Morgan fingerprint density at radius 1 is 1.12 bits per heavy atom. The number of carboxylic acids is 1. The predicted molar refractivity (Wildman–Crippen MR) is 99.5 cm³/mol. The van der Waals surface area contributed by atoms with Crippen molar-refractivity contribution in [3.63, 3.8) is 0 Å². The van der Waals surface area contributed by atoms with Crippen molar-refractivity contribution < 1.29 is 24.2 Å². The van der Waals surface area contributed by atoms with E-state index in [1.165, 1.54) is 31.4 Å². The van der Waals surface area contributed by atoms with Gasteiger partial charge in [-0.15, -0.1) is 0 Å². The zero-order chi connectivity index (χ0) is 18.4. The molecule has 0 aliphatic rings. The van der Waals surface area contributed by atoms with Crippen molar-refractivity contribution in [1.82, 2.24) is 5.32 Å². The van der Waals surface area contributed by atoms with Gasteiger partial charge in [-0.25, -0.2) is 9.59 Å². The molecule has 7 heteroatoms. The van der Waals surface area contributed by atoms with Crippen LogP contribution in [0.4, 0.5) is 0 Å². The molecule has 2 aromatic carbocycles. The Labute approximate surface area is 158 Å². The van der Waals surface area contributed by atoms with Crippen molar-refractivity contribution >= 4 is 40.4 Å². The number of methoxy groups -OCH3 is 1. The van der Waals surface area contributed by atoms with Crippen molar-refractivity contribution in [2.45, 2.75) is 12.5 Å². The van der Waals surface area contributed by atoms with Crippen LogP contribution in [0.25, 0.3) is 0 Å². The highest BCUT2D eigenvalue weighted by atomic mass is 127. The number of ether oxygens (including phenoxy) is 1. The smallest absolute Gasteiger partial charge is 0.337 e. The summed E-state index contributed by atoms with van der Waals surface area (Å²) in [5, 5.41) is 11.9. The summed E-state index contributed by atoms with van der Waals surface area (Å²) in [6, 6.07) is 12.3. The molecule has 0 radical (unpaired) electrons. The highest BCUT2D eigenvalue weighted by Gasteiger charge is 2.21. The Balaban J connectivity index is 2.15. The lowest BCUT2D eigenvalue weighted by atomic mass is 10.0. The third-order valence-corrected chi connectivity index (χ3v) is 4.15. The number of rotatable bonds is 6. The molecule has 0 aromatic heterocycles. The van der Waals surface area contributed by atoms with E-state index in [-0.39, 0.29) is 17.5 Å². The molecular weight excluding hydrogens is 437 g/mol. The summed E-state index contributed by atoms with van der Waals surface area (Å²) in [5.74, 6) is -2.26. The number of aliphatic carboxylic acids is 1. The molecule has 0 unspecified atom stereocenters. The molecule has 2 N–H and O–H groups in total. The van der Waals surface area contributed by atoms with Crippen LogP contribution in [0, 0.1) is 3.57 Å². The zero-order valence-electron chi connectivity index (χ0n) is 13.4. The number of amides is 1. The summed E-state index contributed by atoms with van der Waals surface area (Å²) in [6.07, 6.45) is 0.161. The summed E-state index contributed by atoms with van der Waals surface area (Å²) in [6.45, 7) is 0. The molecule has 1 amide bonds. The summed E-state index contributed by atoms with van der Waals surface area (Å²) in [4.78, 5) is 35.4. The highest BCUT2D eigenvalue weighted by molar-refractivity contribution is 14.1. The number of carbonyl (C=O) groups is 3. The molecule has 25 heavy (non-hydrogen) atoms. The number of benzene rings is 2. The largest absolute Gasteiger partial charge is 0.480 e. The van der Waals surface area contributed by atoms with Crippen molar-refractivity contribution in [3.8, 4) is 0 Å². The molecule has 6 nitrogen and oxygen atoms in total. The quantitative estimate of drug-likeness (QED) is 0.518. The minimum absolute atomic E-state index is 0.161. The maximum atomic E-state index is 12.4. The van der Waals surface area contributed by atoms with Gasteiger partial charge in [0.05, 0.1) is 12.7 Å². The maximum Gasteiger partial charge on any atom is 0.337 e. The average molecular weight is 453 g/mol. The molecule has 0 aliphatic heterocycles. The summed E-state index contributed by atoms with van der Waals surface area (Å²) in [7, 11) is 1.25. The molecule has 0 heterocycles. The van der Waals surface area contributed by atoms with Gasteiger partial charge in [0.15, 0.2) is 0 Å². The lowest BCUT2D eigenvalue weighted by Crippen LogP contribution is -2.42. The fraction of sp³-hybridized carbons (Fsp3) is 0.167. The van der Waals surface area contributed by atoms with Crippen LogP contribution < -0.4 is 5.32 Å². The van der Waals surface area contributed by atoms with Crippen LogP contribution >= 0.6 is 22.6 Å². The van der Waals surface area contributed by atoms with Crippen LogP contribution in [0.1, 0.15) is 26.3 Å². The Kier molecular flexibility index (Phi) is 6.51. The molecule has 1 atom stereocenters. The first-order valence-electron chi connectivity index (χ1n) is 7.37. The number of hydrogen-bond donors (Lipinski definition) is 2. The Hall–Kier alpha value is -2.42. The number of esters is 1. The third-order valence-electron chi connectivity index (χ3n) is 3.48. The van der Waals surface area contributed by atoms with E-state index < -0.39 is 23.9 Å². The van der Waals surface area contributed by atoms with E-state index in [1.807, 2.05) is 24.3 Å². The predicted octanol–water partition coefficient (Wildman–Crippen LogP) is 2.50. The number of hydrogen-bond acceptors (Lipinski definition) is 4. The molecule has 0 bridgehead atoms. The zero-order valence-corrected chi connectivity index (χ0v) is 15.5.